The molecule has 0 saturated carbocycles. The fourth-order valence-corrected chi connectivity index (χ4v) is 3.62. The van der Waals surface area contributed by atoms with Gasteiger partial charge in [0.15, 0.2) is 11.8 Å². The maximum absolute atomic E-state index is 13.0. The first-order valence-electron chi connectivity index (χ1n) is 10.2. The minimum absolute atomic E-state index is 0.0226. The number of hydrogen-bond donors (Lipinski definition) is 1. The molecule has 1 atom stereocenters. The van der Waals surface area contributed by atoms with Crippen molar-refractivity contribution in [1.82, 2.24) is 14.8 Å². The third kappa shape index (κ3) is 3.86. The van der Waals surface area contributed by atoms with E-state index in [-0.39, 0.29) is 23.0 Å². The summed E-state index contributed by atoms with van der Waals surface area (Å²) in [5.41, 5.74) is 1.05. The number of carbonyl (C=O) groups excluding carboxylic acids is 2. The van der Waals surface area contributed by atoms with Crippen molar-refractivity contribution >= 4 is 33.4 Å². The number of nitrogens with one attached hydrogen (secondary N) is 1. The maximum Gasteiger partial charge on any atom is 0.360 e. The predicted molar refractivity (Wildman–Crippen MR) is 118 cm³/mol. The van der Waals surface area contributed by atoms with Gasteiger partial charge in [-0.25, -0.2) is 9.48 Å². The van der Waals surface area contributed by atoms with Gasteiger partial charge in [-0.15, -0.1) is 0 Å². The lowest BCUT2D eigenvalue weighted by molar-refractivity contribution is 0.0313. The molecule has 0 fully saturated rings. The summed E-state index contributed by atoms with van der Waals surface area (Å²) in [4.78, 5) is 41.7. The van der Waals surface area contributed by atoms with Crippen LogP contribution in [0.1, 0.15) is 41.6 Å². The largest absolute Gasteiger partial charge is 0.449 e. The van der Waals surface area contributed by atoms with E-state index in [2.05, 4.69) is 10.1 Å². The van der Waals surface area contributed by atoms with Gasteiger partial charge in [0.2, 0.25) is 5.78 Å². The van der Waals surface area contributed by atoms with Crippen molar-refractivity contribution in [3.8, 4) is 0 Å². The normalized spacial score (nSPS) is 12.4. The average molecular weight is 417 g/mol. The Kier molecular flexibility index (Phi) is 5.42. The molecule has 0 unspecified atom stereocenters. The molecule has 7 heteroatoms. The lowest BCUT2D eigenvalue weighted by Crippen LogP contribution is -2.30. The number of carbonyl (C=O) groups is 2. The molecule has 158 valence electrons. The van der Waals surface area contributed by atoms with E-state index < -0.39 is 12.1 Å². The molecule has 0 radical (unpaired) electrons. The van der Waals surface area contributed by atoms with Crippen LogP contribution in [0, 0.1) is 5.92 Å². The molecule has 7 nitrogen and oxygen atoms in total. The molecule has 2 aromatic heterocycles. The standard InChI is InChI=1S/C24H23N3O4/c1-14(2)13-27-23(29)18-10-5-4-9-17(18)21(26-27)24(30)31-15(3)22(28)19-12-25-20-11-7-6-8-16(19)20/h4-12,14-15,25H,13H2,1-3H3/t15-/m1/s1. The van der Waals surface area contributed by atoms with Crippen LogP contribution in [0.2, 0.25) is 0 Å². The molecule has 0 aliphatic heterocycles. The number of hydrogen-bond acceptors (Lipinski definition) is 5. The second kappa shape index (κ2) is 8.18. The van der Waals surface area contributed by atoms with Gasteiger partial charge in [0, 0.05) is 34.6 Å². The van der Waals surface area contributed by atoms with Crippen LogP contribution in [0.5, 0.6) is 0 Å². The zero-order chi connectivity index (χ0) is 22.1. The Bertz CT molecular complexity index is 1350. The molecule has 31 heavy (non-hydrogen) atoms. The van der Waals surface area contributed by atoms with E-state index in [9.17, 15) is 14.4 Å². The van der Waals surface area contributed by atoms with Crippen molar-refractivity contribution in [3.05, 3.63) is 76.3 Å². The molecule has 1 N–H and O–H groups in total. The van der Waals surface area contributed by atoms with Gasteiger partial charge in [0.25, 0.3) is 5.56 Å². The van der Waals surface area contributed by atoms with Crippen LogP contribution in [0.25, 0.3) is 21.7 Å². The molecular weight excluding hydrogens is 394 g/mol. The summed E-state index contributed by atoms with van der Waals surface area (Å²) < 4.78 is 6.79. The van der Waals surface area contributed by atoms with Crippen LogP contribution in [0.15, 0.2) is 59.5 Å². The van der Waals surface area contributed by atoms with Crippen molar-refractivity contribution in [2.24, 2.45) is 5.92 Å². The van der Waals surface area contributed by atoms with Crippen LogP contribution in [-0.2, 0) is 11.3 Å². The summed E-state index contributed by atoms with van der Waals surface area (Å²) in [6.07, 6.45) is 0.603. The number of Topliss-reactive ketones (excluding diaryl/α,β-unsaturated/α-hetero) is 1. The van der Waals surface area contributed by atoms with E-state index in [1.54, 1.807) is 30.5 Å². The summed E-state index contributed by atoms with van der Waals surface area (Å²) in [6.45, 7) is 5.83. The summed E-state index contributed by atoms with van der Waals surface area (Å²) in [5.74, 6) is -0.891. The number of H-pyrrole nitrogens is 1. The Hall–Kier alpha value is -3.74. The van der Waals surface area contributed by atoms with E-state index in [4.69, 9.17) is 4.74 Å². The van der Waals surface area contributed by atoms with Gasteiger partial charge in [-0.1, -0.05) is 50.2 Å². The minimum Gasteiger partial charge on any atom is -0.449 e. The molecule has 0 bridgehead atoms. The van der Waals surface area contributed by atoms with Gasteiger partial charge in [0.1, 0.15) is 0 Å². The first kappa shape index (κ1) is 20.5. The number of fused-ring (bicyclic) bond motifs is 2. The Balaban J connectivity index is 1.67. The van der Waals surface area contributed by atoms with Crippen molar-refractivity contribution < 1.29 is 14.3 Å². The second-order valence-electron chi connectivity index (χ2n) is 7.94. The van der Waals surface area contributed by atoms with Gasteiger partial charge >= 0.3 is 5.97 Å². The van der Waals surface area contributed by atoms with Crippen molar-refractivity contribution in [2.45, 2.75) is 33.4 Å². The van der Waals surface area contributed by atoms with Gasteiger partial charge in [-0.3, -0.25) is 9.59 Å². The van der Waals surface area contributed by atoms with Crippen LogP contribution in [0.4, 0.5) is 0 Å². The second-order valence-corrected chi connectivity index (χ2v) is 7.94. The number of aromatic amines is 1. The lowest BCUT2D eigenvalue weighted by atomic mass is 10.1. The number of benzene rings is 2. The topological polar surface area (TPSA) is 94.1 Å². The highest BCUT2D eigenvalue weighted by Gasteiger charge is 2.25. The van der Waals surface area contributed by atoms with Crippen LogP contribution in [0.3, 0.4) is 0 Å². The third-order valence-corrected chi connectivity index (χ3v) is 5.11. The van der Waals surface area contributed by atoms with Crippen LogP contribution in [-0.4, -0.2) is 32.6 Å². The van der Waals surface area contributed by atoms with E-state index in [1.165, 1.54) is 11.6 Å². The zero-order valence-electron chi connectivity index (χ0n) is 17.6. The minimum atomic E-state index is -1.02. The number of aromatic nitrogens is 3. The maximum atomic E-state index is 13.0. The first-order chi connectivity index (χ1) is 14.9. The first-order valence-corrected chi connectivity index (χ1v) is 10.2. The summed E-state index contributed by atoms with van der Waals surface area (Å²) >= 11 is 0. The lowest BCUT2D eigenvalue weighted by Gasteiger charge is -2.15. The van der Waals surface area contributed by atoms with Gasteiger partial charge in [0.05, 0.1) is 5.39 Å². The average Bonchev–Trinajstić information content (AvgIpc) is 3.19. The predicted octanol–water partition coefficient (Wildman–Crippen LogP) is 3.96. The molecule has 2 heterocycles. The number of ether oxygens (including phenoxy) is 1. The monoisotopic (exact) mass is 417 g/mol. The molecule has 0 amide bonds. The Morgan fingerprint density at radius 2 is 1.65 bits per heavy atom. The fraction of sp³-hybridized carbons (Fsp3) is 0.250. The molecule has 4 aromatic rings. The number of rotatable bonds is 6. The number of ketones is 1. The molecule has 0 aliphatic rings. The fourth-order valence-electron chi connectivity index (χ4n) is 3.62. The van der Waals surface area contributed by atoms with E-state index >= 15 is 0 Å². The molecular formula is C24H23N3O4. The van der Waals surface area contributed by atoms with E-state index in [0.29, 0.717) is 22.9 Å². The van der Waals surface area contributed by atoms with Crippen molar-refractivity contribution in [1.29, 1.82) is 0 Å². The highest BCUT2D eigenvalue weighted by Crippen LogP contribution is 2.21. The number of nitrogens with zero attached hydrogens (tertiary/aromatic N) is 2. The van der Waals surface area contributed by atoms with Crippen LogP contribution >= 0.6 is 0 Å². The van der Waals surface area contributed by atoms with Crippen molar-refractivity contribution in [3.63, 3.8) is 0 Å². The Labute approximate surface area is 178 Å². The highest BCUT2D eigenvalue weighted by atomic mass is 16.5. The number of esters is 1. The zero-order valence-corrected chi connectivity index (χ0v) is 17.6. The van der Waals surface area contributed by atoms with E-state index in [1.807, 2.05) is 38.1 Å². The van der Waals surface area contributed by atoms with Crippen molar-refractivity contribution in [2.75, 3.05) is 0 Å². The Morgan fingerprint density at radius 1 is 1.00 bits per heavy atom. The summed E-state index contributed by atoms with van der Waals surface area (Å²) in [5, 5.41) is 5.84. The third-order valence-electron chi connectivity index (χ3n) is 5.11. The number of para-hydroxylation sites is 1. The van der Waals surface area contributed by atoms with E-state index in [0.717, 1.165) is 10.9 Å². The molecule has 0 saturated heterocycles. The smallest absolute Gasteiger partial charge is 0.360 e. The van der Waals surface area contributed by atoms with Gasteiger partial charge in [-0.2, -0.15) is 5.10 Å². The van der Waals surface area contributed by atoms with Gasteiger partial charge < -0.3 is 9.72 Å². The Morgan fingerprint density at radius 3 is 2.35 bits per heavy atom. The highest BCUT2D eigenvalue weighted by molar-refractivity contribution is 6.11. The molecule has 2 aromatic carbocycles. The quantitative estimate of drug-likeness (QED) is 0.379. The summed E-state index contributed by atoms with van der Waals surface area (Å²) in [6, 6.07) is 14.2. The van der Waals surface area contributed by atoms with Crippen LogP contribution < -0.4 is 5.56 Å². The molecule has 0 aliphatic carbocycles. The SMILES string of the molecule is CC(C)Cn1nc(C(=O)O[C@H](C)C(=O)c2c[nH]c3ccccc23)c2ccccc2c1=O. The molecule has 0 spiro atoms. The van der Waals surface area contributed by atoms with Gasteiger partial charge in [-0.05, 0) is 25.0 Å². The molecule has 4 rings (SSSR count). The summed E-state index contributed by atoms with van der Waals surface area (Å²) in [7, 11) is 0.